The smallest absolute Gasteiger partial charge is 0.264 e. The molecule has 0 saturated heterocycles. The highest BCUT2D eigenvalue weighted by molar-refractivity contribution is 7.15. The maximum atomic E-state index is 12.8. The average Bonchev–Trinajstić information content (AvgIpc) is 3.30. The van der Waals surface area contributed by atoms with E-state index in [1.807, 2.05) is 13.1 Å². The minimum atomic E-state index is -0.0596. The van der Waals surface area contributed by atoms with Crippen molar-refractivity contribution in [3.05, 3.63) is 50.8 Å². The third kappa shape index (κ3) is 3.16. The first-order valence-electron chi connectivity index (χ1n) is 8.62. The minimum Gasteiger partial charge on any atom is -0.339 e. The zero-order valence-corrected chi connectivity index (χ0v) is 16.1. The second-order valence-corrected chi connectivity index (χ2v) is 7.64. The molecule has 0 aliphatic carbocycles. The molecule has 27 heavy (non-hydrogen) atoms. The van der Waals surface area contributed by atoms with E-state index in [9.17, 15) is 9.59 Å². The molecule has 3 aromatic heterocycles. The van der Waals surface area contributed by atoms with Gasteiger partial charge in [0.05, 0.1) is 9.75 Å². The standard InChI is InChI=1S/C19H18N4O3S/c1-10-17(18-21-12(3)26-22-18)14-6-7-23(9-13(14)8-20-10)19(25)16-5-4-15(27-16)11(2)24/h4-5,8H,6-7,9H2,1-3H3. The van der Waals surface area contributed by atoms with Crippen molar-refractivity contribution < 1.29 is 14.1 Å². The summed E-state index contributed by atoms with van der Waals surface area (Å²) >= 11 is 1.24. The van der Waals surface area contributed by atoms with Crippen molar-refractivity contribution in [1.82, 2.24) is 20.0 Å². The molecule has 0 aromatic carbocycles. The van der Waals surface area contributed by atoms with Crippen LogP contribution in [0.5, 0.6) is 0 Å². The van der Waals surface area contributed by atoms with Gasteiger partial charge in [0.2, 0.25) is 11.7 Å². The number of Topliss-reactive ketones (excluding diaryl/α,β-unsaturated/α-hetero) is 1. The molecule has 0 saturated carbocycles. The molecule has 0 fully saturated rings. The zero-order chi connectivity index (χ0) is 19.1. The second-order valence-electron chi connectivity index (χ2n) is 6.56. The summed E-state index contributed by atoms with van der Waals surface area (Å²) in [5.41, 5.74) is 3.84. The van der Waals surface area contributed by atoms with Crippen molar-refractivity contribution >= 4 is 23.0 Å². The summed E-state index contributed by atoms with van der Waals surface area (Å²) in [6.45, 7) is 6.25. The van der Waals surface area contributed by atoms with Crippen molar-refractivity contribution in [3.63, 3.8) is 0 Å². The number of aromatic nitrogens is 3. The van der Waals surface area contributed by atoms with Gasteiger partial charge in [-0.1, -0.05) is 5.16 Å². The molecular formula is C19H18N4O3S. The fourth-order valence-electron chi connectivity index (χ4n) is 3.32. The van der Waals surface area contributed by atoms with Gasteiger partial charge in [-0.25, -0.2) is 0 Å². The molecule has 8 heteroatoms. The number of carbonyl (C=O) groups excluding carboxylic acids is 2. The SMILES string of the molecule is CC(=O)c1ccc(C(=O)N2CCc3c(cnc(C)c3-c3noc(C)n3)C2)s1. The summed E-state index contributed by atoms with van der Waals surface area (Å²) in [5.74, 6) is 0.963. The lowest BCUT2D eigenvalue weighted by atomic mass is 9.94. The molecule has 7 nitrogen and oxygen atoms in total. The maximum Gasteiger partial charge on any atom is 0.264 e. The van der Waals surface area contributed by atoms with Gasteiger partial charge in [-0.3, -0.25) is 14.6 Å². The topological polar surface area (TPSA) is 89.2 Å². The molecule has 0 spiro atoms. The summed E-state index contributed by atoms with van der Waals surface area (Å²) in [6.07, 6.45) is 2.51. The van der Waals surface area contributed by atoms with Gasteiger partial charge in [0.1, 0.15) is 0 Å². The van der Waals surface area contributed by atoms with Gasteiger partial charge < -0.3 is 9.42 Å². The largest absolute Gasteiger partial charge is 0.339 e. The van der Waals surface area contributed by atoms with Crippen LogP contribution in [0, 0.1) is 13.8 Å². The van der Waals surface area contributed by atoms with E-state index in [-0.39, 0.29) is 11.7 Å². The van der Waals surface area contributed by atoms with Crippen molar-refractivity contribution in [2.24, 2.45) is 0 Å². The van der Waals surface area contributed by atoms with Crippen LogP contribution >= 0.6 is 11.3 Å². The van der Waals surface area contributed by atoms with Gasteiger partial charge in [-0.05, 0) is 43.5 Å². The van der Waals surface area contributed by atoms with E-state index < -0.39 is 0 Å². The normalized spacial score (nSPS) is 13.5. The van der Waals surface area contributed by atoms with E-state index in [4.69, 9.17) is 4.52 Å². The number of pyridine rings is 1. The van der Waals surface area contributed by atoms with E-state index >= 15 is 0 Å². The predicted molar refractivity (Wildman–Crippen MR) is 99.8 cm³/mol. The third-order valence-electron chi connectivity index (χ3n) is 4.66. The Hall–Kier alpha value is -2.87. The Bertz CT molecular complexity index is 1050. The Morgan fingerprint density at radius 2 is 2.00 bits per heavy atom. The number of thiophene rings is 1. The highest BCUT2D eigenvalue weighted by atomic mass is 32.1. The first-order chi connectivity index (χ1) is 12.9. The van der Waals surface area contributed by atoms with Gasteiger partial charge in [-0.2, -0.15) is 4.98 Å². The van der Waals surface area contributed by atoms with E-state index in [1.54, 1.807) is 24.0 Å². The van der Waals surface area contributed by atoms with E-state index in [0.29, 0.717) is 41.0 Å². The first kappa shape index (κ1) is 17.5. The van der Waals surface area contributed by atoms with Crippen LogP contribution in [0.15, 0.2) is 22.9 Å². The highest BCUT2D eigenvalue weighted by Gasteiger charge is 2.27. The van der Waals surface area contributed by atoms with E-state index in [1.165, 1.54) is 18.3 Å². The molecule has 0 unspecified atom stereocenters. The molecular weight excluding hydrogens is 364 g/mol. The van der Waals surface area contributed by atoms with Crippen molar-refractivity contribution in [2.75, 3.05) is 6.54 Å². The summed E-state index contributed by atoms with van der Waals surface area (Å²) in [4.78, 5) is 36.1. The van der Waals surface area contributed by atoms with Crippen molar-refractivity contribution in [2.45, 2.75) is 33.7 Å². The molecule has 0 atom stereocenters. The van der Waals surface area contributed by atoms with E-state index in [2.05, 4.69) is 15.1 Å². The monoisotopic (exact) mass is 382 g/mol. The Labute approximate surface area is 160 Å². The number of fused-ring (bicyclic) bond motifs is 1. The summed E-state index contributed by atoms with van der Waals surface area (Å²) in [7, 11) is 0. The minimum absolute atomic E-state index is 0.0252. The summed E-state index contributed by atoms with van der Waals surface area (Å²) in [5, 5.41) is 4.04. The number of carbonyl (C=O) groups is 2. The molecule has 4 rings (SSSR count). The van der Waals surface area contributed by atoms with Crippen LogP contribution < -0.4 is 0 Å². The summed E-state index contributed by atoms with van der Waals surface area (Å²) in [6, 6.07) is 3.43. The second kappa shape index (κ2) is 6.70. The Morgan fingerprint density at radius 1 is 1.22 bits per heavy atom. The lowest BCUT2D eigenvalue weighted by Crippen LogP contribution is -2.36. The molecule has 1 aliphatic heterocycles. The zero-order valence-electron chi connectivity index (χ0n) is 15.3. The Kier molecular flexibility index (Phi) is 4.35. The number of nitrogens with zero attached hydrogens (tertiary/aromatic N) is 4. The predicted octanol–water partition coefficient (Wildman–Crippen LogP) is 3.21. The fraction of sp³-hybridized carbons (Fsp3) is 0.316. The highest BCUT2D eigenvalue weighted by Crippen LogP contribution is 2.31. The first-order valence-corrected chi connectivity index (χ1v) is 9.43. The fourth-order valence-corrected chi connectivity index (χ4v) is 4.19. The van der Waals surface area contributed by atoms with Crippen LogP contribution in [0.3, 0.4) is 0 Å². The van der Waals surface area contributed by atoms with Crippen LogP contribution in [0.2, 0.25) is 0 Å². The number of amides is 1. The number of aryl methyl sites for hydroxylation is 2. The van der Waals surface area contributed by atoms with Crippen LogP contribution in [-0.2, 0) is 13.0 Å². The van der Waals surface area contributed by atoms with Gasteiger partial charge >= 0.3 is 0 Å². The number of hydrogen-bond acceptors (Lipinski definition) is 7. The lowest BCUT2D eigenvalue weighted by Gasteiger charge is -2.29. The summed E-state index contributed by atoms with van der Waals surface area (Å²) < 4.78 is 5.12. The van der Waals surface area contributed by atoms with Crippen LogP contribution in [-0.4, -0.2) is 38.3 Å². The van der Waals surface area contributed by atoms with Crippen molar-refractivity contribution in [3.8, 4) is 11.4 Å². The number of ketones is 1. The molecule has 1 aliphatic rings. The van der Waals surface area contributed by atoms with Gasteiger partial charge in [0.15, 0.2) is 5.78 Å². The van der Waals surface area contributed by atoms with E-state index in [0.717, 1.165) is 22.4 Å². The van der Waals surface area contributed by atoms with Gasteiger partial charge in [-0.15, -0.1) is 11.3 Å². The molecule has 0 radical (unpaired) electrons. The van der Waals surface area contributed by atoms with Crippen molar-refractivity contribution in [1.29, 1.82) is 0 Å². The third-order valence-corrected chi connectivity index (χ3v) is 5.83. The maximum absolute atomic E-state index is 12.8. The molecule has 4 heterocycles. The van der Waals surface area contributed by atoms with Gasteiger partial charge in [0, 0.05) is 37.5 Å². The van der Waals surface area contributed by atoms with Crippen LogP contribution in [0.4, 0.5) is 0 Å². The molecule has 1 amide bonds. The number of rotatable bonds is 3. The Balaban J connectivity index is 1.64. The van der Waals surface area contributed by atoms with Crippen LogP contribution in [0.1, 0.15) is 49.0 Å². The lowest BCUT2D eigenvalue weighted by molar-refractivity contribution is 0.0739. The number of hydrogen-bond donors (Lipinski definition) is 0. The van der Waals surface area contributed by atoms with Gasteiger partial charge in [0.25, 0.3) is 5.91 Å². The molecule has 138 valence electrons. The molecule has 0 N–H and O–H groups in total. The molecule has 0 bridgehead atoms. The Morgan fingerprint density at radius 3 is 2.67 bits per heavy atom. The van der Waals surface area contributed by atoms with Crippen LogP contribution in [0.25, 0.3) is 11.4 Å². The quantitative estimate of drug-likeness (QED) is 0.646. The molecule has 3 aromatic rings. The average molecular weight is 382 g/mol.